The number of aliphatic carboxylic acids is 1. The van der Waals surface area contributed by atoms with E-state index in [0.717, 1.165) is 12.1 Å². The molecule has 0 aliphatic rings. The number of carboxylic acids is 1. The van der Waals surface area contributed by atoms with Crippen LogP contribution >= 0.6 is 0 Å². The highest BCUT2D eigenvalue weighted by Gasteiger charge is 2.16. The summed E-state index contributed by atoms with van der Waals surface area (Å²) in [6.07, 6.45) is -0.215. The van der Waals surface area contributed by atoms with Crippen LogP contribution in [0, 0.1) is 11.6 Å². The third-order valence-corrected chi connectivity index (χ3v) is 2.61. The van der Waals surface area contributed by atoms with Gasteiger partial charge in [-0.25, -0.2) is 13.6 Å². The van der Waals surface area contributed by atoms with Gasteiger partial charge in [-0.05, 0) is 17.7 Å². The Labute approximate surface area is 120 Å². The van der Waals surface area contributed by atoms with Gasteiger partial charge in [0.1, 0.15) is 0 Å². The van der Waals surface area contributed by atoms with Crippen molar-refractivity contribution in [3.63, 3.8) is 0 Å². The van der Waals surface area contributed by atoms with Crippen molar-refractivity contribution in [2.45, 2.75) is 12.5 Å². The zero-order chi connectivity index (χ0) is 15.8. The number of hydrogen-bond acceptors (Lipinski definition) is 3. The summed E-state index contributed by atoms with van der Waals surface area (Å²) in [6.45, 7) is 0.00999. The van der Waals surface area contributed by atoms with Crippen molar-refractivity contribution in [3.8, 4) is 0 Å². The maximum Gasteiger partial charge on any atom is 0.315 e. The number of hydrogen-bond donors (Lipinski definition) is 3. The summed E-state index contributed by atoms with van der Waals surface area (Å²) in [5.74, 6) is -3.05. The highest BCUT2D eigenvalue weighted by atomic mass is 19.2. The largest absolute Gasteiger partial charge is 0.481 e. The molecular weight excluding hydrogens is 286 g/mol. The van der Waals surface area contributed by atoms with Gasteiger partial charge in [0, 0.05) is 13.7 Å². The molecule has 0 aliphatic heterocycles. The summed E-state index contributed by atoms with van der Waals surface area (Å²) in [5, 5.41) is 13.3. The molecule has 0 fully saturated rings. The molecule has 6 nitrogen and oxygen atoms in total. The molecule has 1 aromatic rings. The Balaban J connectivity index is 2.66. The van der Waals surface area contributed by atoms with Crippen LogP contribution in [0.4, 0.5) is 13.6 Å². The molecule has 1 rings (SSSR count). The summed E-state index contributed by atoms with van der Waals surface area (Å²) in [6, 6.07) is 1.95. The first-order chi connectivity index (χ1) is 9.93. The first-order valence-corrected chi connectivity index (χ1v) is 6.14. The van der Waals surface area contributed by atoms with Gasteiger partial charge in [0.15, 0.2) is 11.6 Å². The molecule has 116 valence electrons. The molecule has 1 unspecified atom stereocenters. The maximum atomic E-state index is 13.2. The minimum atomic E-state index is -1.04. The Hall–Kier alpha value is -2.22. The normalized spacial score (nSPS) is 11.8. The van der Waals surface area contributed by atoms with Crippen LogP contribution < -0.4 is 10.6 Å². The van der Waals surface area contributed by atoms with E-state index in [1.807, 2.05) is 0 Å². The second-order valence-corrected chi connectivity index (χ2v) is 4.23. The molecule has 2 amide bonds. The summed E-state index contributed by atoms with van der Waals surface area (Å²) >= 11 is 0. The average Bonchev–Trinajstić information content (AvgIpc) is 2.41. The van der Waals surface area contributed by atoms with Crippen molar-refractivity contribution in [1.82, 2.24) is 10.6 Å². The highest BCUT2D eigenvalue weighted by Crippen LogP contribution is 2.16. The number of halogens is 2. The number of carboxylic acid groups (broad SMARTS) is 1. The number of rotatable bonds is 7. The molecule has 0 aromatic heterocycles. The molecular formula is C13H16F2N2O4. The van der Waals surface area contributed by atoms with Gasteiger partial charge >= 0.3 is 12.0 Å². The maximum absolute atomic E-state index is 13.2. The topological polar surface area (TPSA) is 87.7 Å². The van der Waals surface area contributed by atoms with Crippen molar-refractivity contribution in [2.24, 2.45) is 0 Å². The Kier molecular flexibility index (Phi) is 6.54. The van der Waals surface area contributed by atoms with Crippen LogP contribution in [0.2, 0.25) is 0 Å². The predicted octanol–water partition coefficient (Wildman–Crippen LogP) is 1.43. The number of carbonyl (C=O) groups excluding carboxylic acids is 1. The molecule has 21 heavy (non-hydrogen) atoms. The second kappa shape index (κ2) is 8.15. The molecule has 3 N–H and O–H groups in total. The fourth-order valence-electron chi connectivity index (χ4n) is 1.61. The van der Waals surface area contributed by atoms with Crippen molar-refractivity contribution < 1.29 is 28.2 Å². The van der Waals surface area contributed by atoms with E-state index in [0.29, 0.717) is 5.56 Å². The van der Waals surface area contributed by atoms with E-state index in [2.05, 4.69) is 10.6 Å². The lowest BCUT2D eigenvalue weighted by Crippen LogP contribution is -2.40. The van der Waals surface area contributed by atoms with Crippen molar-refractivity contribution in [3.05, 3.63) is 35.4 Å². The van der Waals surface area contributed by atoms with Crippen LogP contribution in [0.5, 0.6) is 0 Å². The summed E-state index contributed by atoms with van der Waals surface area (Å²) in [5.41, 5.74) is 0.337. The number of nitrogens with one attached hydrogen (secondary N) is 2. The number of benzene rings is 1. The van der Waals surface area contributed by atoms with Gasteiger partial charge in [-0.2, -0.15) is 0 Å². The summed E-state index contributed by atoms with van der Waals surface area (Å²) < 4.78 is 31.0. The first-order valence-electron chi connectivity index (χ1n) is 6.14. The summed E-state index contributed by atoms with van der Waals surface area (Å²) in [7, 11) is 1.40. The molecule has 8 heteroatoms. The minimum absolute atomic E-state index is 0.0430. The Morgan fingerprint density at radius 2 is 2.05 bits per heavy atom. The number of urea groups is 1. The third-order valence-electron chi connectivity index (χ3n) is 2.61. The first kappa shape index (κ1) is 16.8. The SMILES string of the molecule is COCC(NC(=O)NCCC(=O)O)c1ccc(F)c(F)c1. The smallest absolute Gasteiger partial charge is 0.315 e. The third kappa shape index (κ3) is 5.74. The molecule has 0 saturated carbocycles. The van der Waals surface area contributed by atoms with Crippen LogP contribution in [0.15, 0.2) is 18.2 Å². The van der Waals surface area contributed by atoms with Crippen LogP contribution in [0.25, 0.3) is 0 Å². The number of carbonyl (C=O) groups is 2. The van der Waals surface area contributed by atoms with Crippen LogP contribution in [-0.4, -0.2) is 37.4 Å². The number of methoxy groups -OCH3 is 1. The lowest BCUT2D eigenvalue weighted by Gasteiger charge is -2.19. The lowest BCUT2D eigenvalue weighted by atomic mass is 10.1. The van der Waals surface area contributed by atoms with Gasteiger partial charge < -0.3 is 20.5 Å². The predicted molar refractivity (Wildman–Crippen MR) is 69.8 cm³/mol. The van der Waals surface area contributed by atoms with Crippen molar-refractivity contribution in [1.29, 1.82) is 0 Å². The van der Waals surface area contributed by atoms with Crippen LogP contribution in [0.1, 0.15) is 18.0 Å². The quantitative estimate of drug-likeness (QED) is 0.711. The van der Waals surface area contributed by atoms with E-state index in [1.54, 1.807) is 0 Å². The van der Waals surface area contributed by atoms with E-state index in [1.165, 1.54) is 13.2 Å². The van der Waals surface area contributed by atoms with Crippen molar-refractivity contribution >= 4 is 12.0 Å². The van der Waals surface area contributed by atoms with Crippen LogP contribution in [-0.2, 0) is 9.53 Å². The monoisotopic (exact) mass is 302 g/mol. The van der Waals surface area contributed by atoms with E-state index >= 15 is 0 Å². The zero-order valence-electron chi connectivity index (χ0n) is 11.4. The highest BCUT2D eigenvalue weighted by molar-refractivity contribution is 5.75. The van der Waals surface area contributed by atoms with Gasteiger partial charge in [0.25, 0.3) is 0 Å². The minimum Gasteiger partial charge on any atom is -0.481 e. The Bertz CT molecular complexity index is 511. The van der Waals surface area contributed by atoms with E-state index in [-0.39, 0.29) is 19.6 Å². The number of amides is 2. The molecule has 0 spiro atoms. The molecule has 1 atom stereocenters. The van der Waals surface area contributed by atoms with E-state index < -0.39 is 29.7 Å². The van der Waals surface area contributed by atoms with Crippen molar-refractivity contribution in [2.75, 3.05) is 20.3 Å². The van der Waals surface area contributed by atoms with E-state index in [9.17, 15) is 18.4 Å². The Morgan fingerprint density at radius 1 is 1.33 bits per heavy atom. The fourth-order valence-corrected chi connectivity index (χ4v) is 1.61. The van der Waals surface area contributed by atoms with E-state index in [4.69, 9.17) is 9.84 Å². The summed E-state index contributed by atoms with van der Waals surface area (Å²) in [4.78, 5) is 21.9. The van der Waals surface area contributed by atoms with Gasteiger partial charge in [0.2, 0.25) is 0 Å². The molecule has 0 radical (unpaired) electrons. The van der Waals surface area contributed by atoms with Crippen LogP contribution in [0.3, 0.4) is 0 Å². The van der Waals surface area contributed by atoms with Gasteiger partial charge in [-0.15, -0.1) is 0 Å². The molecule has 0 aliphatic carbocycles. The molecule has 1 aromatic carbocycles. The zero-order valence-corrected chi connectivity index (χ0v) is 11.4. The lowest BCUT2D eigenvalue weighted by molar-refractivity contribution is -0.136. The molecule has 0 heterocycles. The molecule has 0 bridgehead atoms. The van der Waals surface area contributed by atoms with Gasteiger partial charge in [0.05, 0.1) is 19.1 Å². The second-order valence-electron chi connectivity index (χ2n) is 4.23. The Morgan fingerprint density at radius 3 is 2.62 bits per heavy atom. The standard InChI is InChI=1S/C13H16F2N2O4/c1-21-7-11(8-2-3-9(14)10(15)6-8)17-13(20)16-5-4-12(18)19/h2-3,6,11H,4-5,7H2,1H3,(H,18,19)(H2,16,17,20). The van der Waals surface area contributed by atoms with Gasteiger partial charge in [-0.1, -0.05) is 6.07 Å². The molecule has 0 saturated heterocycles. The number of ether oxygens (including phenoxy) is 1. The van der Waals surface area contributed by atoms with Gasteiger partial charge in [-0.3, -0.25) is 4.79 Å². The average molecular weight is 302 g/mol. The fraction of sp³-hybridized carbons (Fsp3) is 0.385.